The van der Waals surface area contributed by atoms with E-state index in [1.54, 1.807) is 6.07 Å². The Morgan fingerprint density at radius 2 is 1.57 bits per heavy atom. The number of hydrogen-bond donors (Lipinski definition) is 1. The number of carbonyl (C=O) groups excluding carboxylic acids is 1. The van der Waals surface area contributed by atoms with Crippen LogP contribution in [0.2, 0.25) is 0 Å². The van der Waals surface area contributed by atoms with Gasteiger partial charge in [0, 0.05) is 12.1 Å². The summed E-state index contributed by atoms with van der Waals surface area (Å²) < 4.78 is 4.63. The molecule has 4 nitrogen and oxygen atoms in total. The molecule has 0 saturated carbocycles. The predicted octanol–water partition coefficient (Wildman–Crippen LogP) is 4.57. The monoisotopic (exact) mass is 369 g/mol. The van der Waals surface area contributed by atoms with Gasteiger partial charge in [0.2, 0.25) is 0 Å². The molecule has 0 radical (unpaired) electrons. The van der Waals surface area contributed by atoms with Crippen LogP contribution in [0.25, 0.3) is 21.9 Å². The summed E-state index contributed by atoms with van der Waals surface area (Å²) >= 11 is 0. The summed E-state index contributed by atoms with van der Waals surface area (Å²) in [6.07, 6.45) is 0.552. The molecule has 0 bridgehead atoms. The first-order valence-electron chi connectivity index (χ1n) is 9.04. The molecule has 0 spiro atoms. The molecule has 0 aliphatic rings. The standard InChI is InChI=1S/C24H19NO3/c1-28-24(27)22-14-13-18(25-23(22)26)15-17-8-3-5-11-20(17)21-12-6-9-16-7-2-4-10-19(16)21/h2-14H,15H2,1H3,(H,25,26). The van der Waals surface area contributed by atoms with E-state index in [2.05, 4.69) is 52.2 Å². The number of esters is 1. The van der Waals surface area contributed by atoms with Crippen LogP contribution in [0.4, 0.5) is 0 Å². The van der Waals surface area contributed by atoms with Crippen molar-refractivity contribution >= 4 is 16.7 Å². The molecule has 1 heterocycles. The molecule has 0 saturated heterocycles. The Bertz CT molecular complexity index is 1220. The van der Waals surface area contributed by atoms with E-state index in [0.717, 1.165) is 22.4 Å². The van der Waals surface area contributed by atoms with E-state index < -0.39 is 11.5 Å². The van der Waals surface area contributed by atoms with Gasteiger partial charge in [-0.1, -0.05) is 66.7 Å². The zero-order chi connectivity index (χ0) is 19.5. The van der Waals surface area contributed by atoms with Gasteiger partial charge < -0.3 is 9.72 Å². The molecule has 0 amide bonds. The van der Waals surface area contributed by atoms with Gasteiger partial charge in [-0.3, -0.25) is 4.79 Å². The molecule has 1 N–H and O–H groups in total. The first-order chi connectivity index (χ1) is 13.7. The highest BCUT2D eigenvalue weighted by atomic mass is 16.5. The van der Waals surface area contributed by atoms with Gasteiger partial charge in [-0.05, 0) is 39.6 Å². The van der Waals surface area contributed by atoms with Crippen LogP contribution < -0.4 is 5.56 Å². The quantitative estimate of drug-likeness (QED) is 0.536. The van der Waals surface area contributed by atoms with E-state index >= 15 is 0 Å². The number of methoxy groups -OCH3 is 1. The van der Waals surface area contributed by atoms with Crippen LogP contribution in [0.5, 0.6) is 0 Å². The lowest BCUT2D eigenvalue weighted by Gasteiger charge is -2.12. The molecule has 3 aromatic carbocycles. The summed E-state index contributed by atoms with van der Waals surface area (Å²) in [4.78, 5) is 26.6. The summed E-state index contributed by atoms with van der Waals surface area (Å²) in [6, 6.07) is 26.0. The number of benzene rings is 3. The first-order valence-corrected chi connectivity index (χ1v) is 9.04. The van der Waals surface area contributed by atoms with Gasteiger partial charge in [0.15, 0.2) is 0 Å². The molecule has 28 heavy (non-hydrogen) atoms. The van der Waals surface area contributed by atoms with Crippen LogP contribution >= 0.6 is 0 Å². The van der Waals surface area contributed by atoms with Crippen molar-refractivity contribution in [2.24, 2.45) is 0 Å². The zero-order valence-electron chi connectivity index (χ0n) is 15.4. The highest BCUT2D eigenvalue weighted by Gasteiger charge is 2.13. The summed E-state index contributed by atoms with van der Waals surface area (Å²) in [5.41, 5.74) is 3.69. The minimum Gasteiger partial charge on any atom is -0.465 e. The Morgan fingerprint density at radius 3 is 2.39 bits per heavy atom. The molecule has 4 aromatic rings. The van der Waals surface area contributed by atoms with Crippen molar-refractivity contribution in [3.05, 3.63) is 106 Å². The number of nitrogens with one attached hydrogen (secondary N) is 1. The van der Waals surface area contributed by atoms with Crippen LogP contribution in [0, 0.1) is 0 Å². The van der Waals surface area contributed by atoms with Gasteiger partial charge >= 0.3 is 5.97 Å². The van der Waals surface area contributed by atoms with E-state index in [9.17, 15) is 9.59 Å². The van der Waals surface area contributed by atoms with Gasteiger partial charge in [0.25, 0.3) is 5.56 Å². The van der Waals surface area contributed by atoms with E-state index in [0.29, 0.717) is 6.42 Å². The average molecular weight is 369 g/mol. The molecule has 4 rings (SSSR count). The Balaban J connectivity index is 1.76. The smallest absolute Gasteiger partial charge is 0.343 e. The van der Waals surface area contributed by atoms with E-state index in [-0.39, 0.29) is 5.56 Å². The fourth-order valence-corrected chi connectivity index (χ4v) is 3.49. The molecule has 0 atom stereocenters. The summed E-state index contributed by atoms with van der Waals surface area (Å²) in [5.74, 6) is -0.635. The fraction of sp³-hybridized carbons (Fsp3) is 0.0833. The van der Waals surface area contributed by atoms with Gasteiger partial charge in [-0.15, -0.1) is 0 Å². The fourth-order valence-electron chi connectivity index (χ4n) is 3.49. The number of carbonyl (C=O) groups is 1. The van der Waals surface area contributed by atoms with Crippen molar-refractivity contribution in [3.8, 4) is 11.1 Å². The number of H-pyrrole nitrogens is 1. The van der Waals surface area contributed by atoms with Crippen LogP contribution in [0.3, 0.4) is 0 Å². The molecular formula is C24H19NO3. The average Bonchev–Trinajstić information content (AvgIpc) is 2.73. The van der Waals surface area contributed by atoms with E-state index in [1.165, 1.54) is 23.9 Å². The van der Waals surface area contributed by atoms with Crippen molar-refractivity contribution in [2.75, 3.05) is 7.11 Å². The second-order valence-corrected chi connectivity index (χ2v) is 6.58. The number of fused-ring (bicyclic) bond motifs is 1. The number of hydrogen-bond acceptors (Lipinski definition) is 3. The second-order valence-electron chi connectivity index (χ2n) is 6.58. The summed E-state index contributed by atoms with van der Waals surface area (Å²) in [7, 11) is 1.26. The first kappa shape index (κ1) is 17.7. The van der Waals surface area contributed by atoms with Crippen molar-refractivity contribution in [1.29, 1.82) is 0 Å². The molecule has 0 aliphatic carbocycles. The summed E-state index contributed by atoms with van der Waals surface area (Å²) in [5, 5.41) is 2.37. The highest BCUT2D eigenvalue weighted by Crippen LogP contribution is 2.31. The molecule has 0 fully saturated rings. The Kier molecular flexibility index (Phi) is 4.77. The topological polar surface area (TPSA) is 59.2 Å². The minimum atomic E-state index is -0.635. The maximum Gasteiger partial charge on any atom is 0.343 e. The van der Waals surface area contributed by atoms with Crippen LogP contribution in [0.15, 0.2) is 83.7 Å². The number of pyridine rings is 1. The third kappa shape index (κ3) is 3.32. The van der Waals surface area contributed by atoms with Gasteiger partial charge in [0.1, 0.15) is 5.56 Å². The van der Waals surface area contributed by atoms with E-state index in [4.69, 9.17) is 0 Å². The number of aromatic nitrogens is 1. The Morgan fingerprint density at radius 1 is 0.857 bits per heavy atom. The maximum absolute atomic E-state index is 12.2. The highest BCUT2D eigenvalue weighted by molar-refractivity contribution is 5.97. The zero-order valence-corrected chi connectivity index (χ0v) is 15.4. The second kappa shape index (κ2) is 7.53. The van der Waals surface area contributed by atoms with Crippen LogP contribution in [-0.4, -0.2) is 18.1 Å². The third-order valence-electron chi connectivity index (χ3n) is 4.85. The Hall–Kier alpha value is -3.66. The lowest BCUT2D eigenvalue weighted by Crippen LogP contribution is -2.19. The maximum atomic E-state index is 12.2. The van der Waals surface area contributed by atoms with Gasteiger partial charge in [0.05, 0.1) is 7.11 Å². The SMILES string of the molecule is COC(=O)c1ccc(Cc2ccccc2-c2cccc3ccccc23)[nH]c1=O. The molecule has 1 aromatic heterocycles. The largest absolute Gasteiger partial charge is 0.465 e. The molecular weight excluding hydrogens is 350 g/mol. The summed E-state index contributed by atoms with van der Waals surface area (Å²) in [6.45, 7) is 0. The van der Waals surface area contributed by atoms with Crippen molar-refractivity contribution < 1.29 is 9.53 Å². The van der Waals surface area contributed by atoms with Gasteiger partial charge in [-0.25, -0.2) is 4.79 Å². The van der Waals surface area contributed by atoms with Crippen LogP contribution in [0.1, 0.15) is 21.6 Å². The molecule has 0 unspecified atom stereocenters. The number of rotatable bonds is 4. The number of aromatic amines is 1. The van der Waals surface area contributed by atoms with Crippen molar-refractivity contribution in [3.63, 3.8) is 0 Å². The van der Waals surface area contributed by atoms with Crippen LogP contribution in [-0.2, 0) is 11.2 Å². The predicted molar refractivity (Wildman–Crippen MR) is 111 cm³/mol. The normalized spacial score (nSPS) is 10.8. The van der Waals surface area contributed by atoms with E-state index in [1.807, 2.05) is 24.3 Å². The lowest BCUT2D eigenvalue weighted by atomic mass is 9.93. The third-order valence-corrected chi connectivity index (χ3v) is 4.85. The lowest BCUT2D eigenvalue weighted by molar-refractivity contribution is 0.0598. The Labute approximate surface area is 162 Å². The van der Waals surface area contributed by atoms with Crippen molar-refractivity contribution in [1.82, 2.24) is 4.98 Å². The number of ether oxygens (including phenoxy) is 1. The molecule has 138 valence electrons. The van der Waals surface area contributed by atoms with Gasteiger partial charge in [-0.2, -0.15) is 0 Å². The minimum absolute atomic E-state index is 0.00795. The molecule has 4 heteroatoms. The molecule has 0 aliphatic heterocycles. The van der Waals surface area contributed by atoms with Crippen molar-refractivity contribution in [2.45, 2.75) is 6.42 Å².